The van der Waals surface area contributed by atoms with Crippen molar-refractivity contribution in [1.29, 1.82) is 0 Å². The summed E-state index contributed by atoms with van der Waals surface area (Å²) in [6, 6.07) is 9.66. The van der Waals surface area contributed by atoms with E-state index in [1.54, 1.807) is 18.2 Å². The number of halogens is 2. The van der Waals surface area contributed by atoms with Crippen molar-refractivity contribution < 1.29 is 18.7 Å². The first-order valence-electron chi connectivity index (χ1n) is 10.0. The number of hydrogen-bond donors (Lipinski definition) is 1. The van der Waals surface area contributed by atoms with Crippen molar-refractivity contribution in [3.05, 3.63) is 57.8 Å². The summed E-state index contributed by atoms with van der Waals surface area (Å²) in [6.07, 6.45) is 1.12. The van der Waals surface area contributed by atoms with Crippen molar-refractivity contribution in [3.8, 4) is 5.75 Å². The number of anilines is 1. The summed E-state index contributed by atoms with van der Waals surface area (Å²) in [7, 11) is 0. The van der Waals surface area contributed by atoms with E-state index in [-0.39, 0.29) is 18.3 Å². The quantitative estimate of drug-likeness (QED) is 0.657. The van der Waals surface area contributed by atoms with Gasteiger partial charge in [-0.3, -0.25) is 9.59 Å². The number of amides is 2. The van der Waals surface area contributed by atoms with E-state index in [9.17, 15) is 14.0 Å². The van der Waals surface area contributed by atoms with Gasteiger partial charge in [0.15, 0.2) is 18.2 Å². The lowest BCUT2D eigenvalue weighted by atomic mass is 9.91. The fraction of sp³-hybridized carbons (Fsp3) is 0.391. The zero-order chi connectivity index (χ0) is 21.8. The second-order valence-corrected chi connectivity index (χ2v) is 9.01. The molecule has 0 radical (unpaired) electrons. The van der Waals surface area contributed by atoms with Gasteiger partial charge in [-0.25, -0.2) is 4.39 Å². The van der Waals surface area contributed by atoms with E-state index in [1.165, 1.54) is 12.1 Å². The number of aryl methyl sites for hydroxylation is 1. The van der Waals surface area contributed by atoms with Crippen molar-refractivity contribution >= 4 is 33.4 Å². The Morgan fingerprint density at radius 1 is 1.17 bits per heavy atom. The Balaban J connectivity index is 1.66. The van der Waals surface area contributed by atoms with Gasteiger partial charge in [0.1, 0.15) is 0 Å². The maximum Gasteiger partial charge on any atom is 0.262 e. The third kappa shape index (κ3) is 5.59. The van der Waals surface area contributed by atoms with Crippen LogP contribution in [0.5, 0.6) is 5.75 Å². The van der Waals surface area contributed by atoms with Crippen molar-refractivity contribution in [2.45, 2.75) is 27.2 Å². The van der Waals surface area contributed by atoms with E-state index in [1.807, 2.05) is 17.9 Å². The molecule has 1 fully saturated rings. The van der Waals surface area contributed by atoms with Gasteiger partial charge in [-0.2, -0.15) is 0 Å². The molecule has 160 valence electrons. The Kier molecular flexibility index (Phi) is 7.13. The maximum absolute atomic E-state index is 13.8. The van der Waals surface area contributed by atoms with Gasteiger partial charge < -0.3 is 15.0 Å². The van der Waals surface area contributed by atoms with Crippen LogP contribution in [-0.4, -0.2) is 36.4 Å². The highest BCUT2D eigenvalue weighted by Crippen LogP contribution is 2.25. The van der Waals surface area contributed by atoms with Gasteiger partial charge in [0.25, 0.3) is 11.8 Å². The number of likely N-dealkylation sites (tertiary alicyclic amines) is 1. The molecule has 7 heteroatoms. The molecule has 0 saturated carbocycles. The van der Waals surface area contributed by atoms with E-state index in [2.05, 4.69) is 35.1 Å². The molecular formula is C23H26BrFN2O3. The Morgan fingerprint density at radius 2 is 1.87 bits per heavy atom. The molecule has 0 bridgehead atoms. The summed E-state index contributed by atoms with van der Waals surface area (Å²) in [5.74, 6) is -0.0625. The number of ether oxygens (including phenoxy) is 1. The summed E-state index contributed by atoms with van der Waals surface area (Å²) < 4.78 is 19.7. The summed E-state index contributed by atoms with van der Waals surface area (Å²) in [4.78, 5) is 27.2. The van der Waals surface area contributed by atoms with Crippen LogP contribution in [0, 0.1) is 24.6 Å². The number of nitrogens with one attached hydrogen (secondary N) is 1. The van der Waals surface area contributed by atoms with Gasteiger partial charge >= 0.3 is 0 Å². The molecule has 1 saturated heterocycles. The first-order chi connectivity index (χ1) is 14.2. The summed E-state index contributed by atoms with van der Waals surface area (Å²) in [5, 5.41) is 2.76. The predicted octanol–water partition coefficient (Wildman–Crippen LogP) is 5.03. The molecule has 2 atom stereocenters. The molecule has 3 rings (SSSR count). The molecule has 30 heavy (non-hydrogen) atoms. The fourth-order valence-electron chi connectivity index (χ4n) is 3.82. The molecule has 0 spiro atoms. The van der Waals surface area contributed by atoms with Crippen molar-refractivity contribution in [2.24, 2.45) is 11.8 Å². The third-order valence-corrected chi connectivity index (χ3v) is 5.66. The molecule has 0 aliphatic carbocycles. The minimum Gasteiger partial charge on any atom is -0.481 e. The van der Waals surface area contributed by atoms with Crippen LogP contribution in [0.15, 0.2) is 40.9 Å². The Morgan fingerprint density at radius 3 is 2.53 bits per heavy atom. The smallest absolute Gasteiger partial charge is 0.262 e. The van der Waals surface area contributed by atoms with E-state index in [0.29, 0.717) is 27.6 Å². The summed E-state index contributed by atoms with van der Waals surface area (Å²) in [6.45, 7) is 7.31. The standard InChI is InChI=1S/C23H26BrFN2O3/c1-14-8-15(2)12-27(11-14)23(29)17-5-4-16(3)20(9-17)26-22(28)13-30-21-7-6-18(24)10-19(21)25/h4-7,9-10,14-15H,8,11-13H2,1-3H3,(H,26,28). The maximum atomic E-state index is 13.8. The highest BCUT2D eigenvalue weighted by atomic mass is 79.9. The van der Waals surface area contributed by atoms with Gasteiger partial charge in [0.2, 0.25) is 0 Å². The van der Waals surface area contributed by atoms with Gasteiger partial charge in [-0.15, -0.1) is 0 Å². The molecule has 0 aromatic heterocycles. The topological polar surface area (TPSA) is 58.6 Å². The van der Waals surface area contributed by atoms with E-state index in [0.717, 1.165) is 25.1 Å². The van der Waals surface area contributed by atoms with Crippen LogP contribution in [0.1, 0.15) is 36.2 Å². The molecule has 1 heterocycles. The number of rotatable bonds is 5. The molecule has 1 aliphatic rings. The second-order valence-electron chi connectivity index (χ2n) is 8.10. The van der Waals surface area contributed by atoms with Gasteiger partial charge in [0.05, 0.1) is 0 Å². The zero-order valence-corrected chi connectivity index (χ0v) is 19.0. The number of nitrogens with zero attached hydrogens (tertiary/aromatic N) is 1. The minimum atomic E-state index is -0.550. The number of hydrogen-bond acceptors (Lipinski definition) is 3. The van der Waals surface area contributed by atoms with Crippen LogP contribution in [-0.2, 0) is 4.79 Å². The van der Waals surface area contributed by atoms with Crippen LogP contribution >= 0.6 is 15.9 Å². The number of piperidine rings is 1. The molecular weight excluding hydrogens is 451 g/mol. The van der Waals surface area contributed by atoms with Gasteiger partial charge in [-0.1, -0.05) is 35.8 Å². The lowest BCUT2D eigenvalue weighted by Gasteiger charge is -2.35. The average Bonchev–Trinajstić information content (AvgIpc) is 2.67. The normalized spacial score (nSPS) is 18.8. The van der Waals surface area contributed by atoms with Crippen LogP contribution in [0.25, 0.3) is 0 Å². The monoisotopic (exact) mass is 476 g/mol. The Hall–Kier alpha value is -2.41. The molecule has 5 nitrogen and oxygen atoms in total. The number of carbonyl (C=O) groups is 2. The average molecular weight is 477 g/mol. The third-order valence-electron chi connectivity index (χ3n) is 5.17. The Labute approximate surface area is 184 Å². The highest BCUT2D eigenvalue weighted by Gasteiger charge is 2.26. The summed E-state index contributed by atoms with van der Waals surface area (Å²) in [5.41, 5.74) is 1.91. The first-order valence-corrected chi connectivity index (χ1v) is 10.8. The number of carbonyl (C=O) groups excluding carboxylic acids is 2. The van der Waals surface area contributed by atoms with Crippen molar-refractivity contribution in [1.82, 2.24) is 4.90 Å². The van der Waals surface area contributed by atoms with Crippen LogP contribution in [0.2, 0.25) is 0 Å². The fourth-order valence-corrected chi connectivity index (χ4v) is 4.16. The second kappa shape index (κ2) is 9.60. The zero-order valence-electron chi connectivity index (χ0n) is 17.4. The lowest BCUT2D eigenvalue weighted by molar-refractivity contribution is -0.118. The molecule has 2 aromatic carbocycles. The predicted molar refractivity (Wildman–Crippen MR) is 118 cm³/mol. The van der Waals surface area contributed by atoms with Gasteiger partial charge in [0, 0.05) is 28.8 Å². The summed E-state index contributed by atoms with van der Waals surface area (Å²) >= 11 is 3.18. The Bertz CT molecular complexity index is 940. The van der Waals surface area contributed by atoms with E-state index < -0.39 is 11.7 Å². The van der Waals surface area contributed by atoms with E-state index >= 15 is 0 Å². The van der Waals surface area contributed by atoms with Crippen LogP contribution in [0.3, 0.4) is 0 Å². The van der Waals surface area contributed by atoms with E-state index in [4.69, 9.17) is 4.74 Å². The van der Waals surface area contributed by atoms with Crippen LogP contribution < -0.4 is 10.1 Å². The van der Waals surface area contributed by atoms with Gasteiger partial charge in [-0.05, 0) is 61.1 Å². The first kappa shape index (κ1) is 22.3. The lowest BCUT2D eigenvalue weighted by Crippen LogP contribution is -2.42. The molecule has 1 aliphatic heterocycles. The van der Waals surface area contributed by atoms with Crippen molar-refractivity contribution in [2.75, 3.05) is 25.0 Å². The SMILES string of the molecule is Cc1ccc(C(=O)N2CC(C)CC(C)C2)cc1NC(=O)COc1ccc(Br)cc1F. The molecule has 2 unspecified atom stereocenters. The molecule has 2 amide bonds. The highest BCUT2D eigenvalue weighted by molar-refractivity contribution is 9.10. The molecule has 2 aromatic rings. The molecule has 1 N–H and O–H groups in total. The minimum absolute atomic E-state index is 0.00217. The van der Waals surface area contributed by atoms with Crippen LogP contribution in [0.4, 0.5) is 10.1 Å². The number of benzene rings is 2. The van der Waals surface area contributed by atoms with Crippen molar-refractivity contribution in [3.63, 3.8) is 0 Å². The largest absolute Gasteiger partial charge is 0.481 e.